The molecular weight excluding hydrogens is 384 g/mol. The Labute approximate surface area is 174 Å². The summed E-state index contributed by atoms with van der Waals surface area (Å²) < 4.78 is 11.2. The molecule has 0 aliphatic rings. The van der Waals surface area contributed by atoms with Crippen LogP contribution in [0, 0.1) is 19.3 Å². The number of hydrogen-bond donors (Lipinski definition) is 1. The van der Waals surface area contributed by atoms with E-state index in [1.54, 1.807) is 41.7 Å². The van der Waals surface area contributed by atoms with Crippen molar-refractivity contribution in [1.29, 1.82) is 0 Å². The monoisotopic (exact) mass is 404 g/mol. The number of rotatable bonds is 8. The number of hydrogen-bond acceptors (Lipinski definition) is 5. The number of benzene rings is 2. The Bertz CT molecular complexity index is 1050. The quantitative estimate of drug-likeness (QED) is 0.437. The van der Waals surface area contributed by atoms with E-state index in [1.807, 2.05) is 36.6 Å². The SMILES string of the molecule is C#CCOc1cccc(NC(=O)/C=C/c2ccccc2OCc2csc(C)n2)c1. The highest BCUT2D eigenvalue weighted by molar-refractivity contribution is 7.09. The number of nitrogens with zero attached hydrogens (tertiary/aromatic N) is 1. The standard InChI is InChI=1S/C23H20N2O3S/c1-3-13-27-21-9-6-8-19(14-21)25-23(26)12-11-18-7-4-5-10-22(18)28-15-20-16-29-17(2)24-20/h1,4-12,14,16H,13,15H2,2H3,(H,25,26)/b12-11+. The second kappa shape index (κ2) is 10.1. The summed E-state index contributed by atoms with van der Waals surface area (Å²) in [6, 6.07) is 14.6. The van der Waals surface area contributed by atoms with Crippen LogP contribution in [0.15, 0.2) is 60.0 Å². The Hall–Kier alpha value is -3.56. The number of thiazole rings is 1. The fraction of sp³-hybridized carbons (Fsp3) is 0.130. The second-order valence-corrected chi connectivity index (χ2v) is 7.09. The summed E-state index contributed by atoms with van der Waals surface area (Å²) in [4.78, 5) is 16.7. The number of nitrogens with one attached hydrogen (secondary N) is 1. The molecule has 0 atom stereocenters. The van der Waals surface area contributed by atoms with Crippen molar-refractivity contribution in [3.05, 3.63) is 76.3 Å². The molecule has 1 N–H and O–H groups in total. The van der Waals surface area contributed by atoms with Crippen LogP contribution in [0.25, 0.3) is 6.08 Å². The van der Waals surface area contributed by atoms with Crippen molar-refractivity contribution in [3.8, 4) is 23.8 Å². The van der Waals surface area contributed by atoms with Crippen LogP contribution in [-0.2, 0) is 11.4 Å². The maximum atomic E-state index is 12.3. The Morgan fingerprint density at radius 2 is 2.10 bits per heavy atom. The van der Waals surface area contributed by atoms with Crippen LogP contribution in [-0.4, -0.2) is 17.5 Å². The van der Waals surface area contributed by atoms with E-state index < -0.39 is 0 Å². The highest BCUT2D eigenvalue weighted by atomic mass is 32.1. The van der Waals surface area contributed by atoms with Gasteiger partial charge in [-0.3, -0.25) is 4.79 Å². The molecule has 0 fully saturated rings. The number of terminal acetylenes is 1. The first kappa shape index (κ1) is 20.2. The van der Waals surface area contributed by atoms with E-state index in [1.165, 1.54) is 6.08 Å². The minimum atomic E-state index is -0.260. The van der Waals surface area contributed by atoms with E-state index in [0.29, 0.717) is 23.8 Å². The zero-order valence-electron chi connectivity index (χ0n) is 15.9. The van der Waals surface area contributed by atoms with Crippen LogP contribution in [0.4, 0.5) is 5.69 Å². The number of para-hydroxylation sites is 1. The van der Waals surface area contributed by atoms with Gasteiger partial charge in [0, 0.05) is 28.8 Å². The molecule has 3 aromatic rings. The highest BCUT2D eigenvalue weighted by Crippen LogP contribution is 2.22. The molecule has 1 heterocycles. The molecule has 0 radical (unpaired) electrons. The Balaban J connectivity index is 1.62. The summed E-state index contributed by atoms with van der Waals surface area (Å²) in [5, 5.41) is 5.78. The third kappa shape index (κ3) is 6.23. The van der Waals surface area contributed by atoms with Gasteiger partial charge in [-0.05, 0) is 31.2 Å². The third-order valence-corrected chi connectivity index (χ3v) is 4.62. The summed E-state index contributed by atoms with van der Waals surface area (Å²) in [7, 11) is 0. The van der Waals surface area contributed by atoms with E-state index in [0.717, 1.165) is 16.3 Å². The molecule has 1 amide bonds. The van der Waals surface area contributed by atoms with Gasteiger partial charge in [-0.15, -0.1) is 17.8 Å². The second-order valence-electron chi connectivity index (χ2n) is 6.03. The minimum absolute atomic E-state index is 0.175. The van der Waals surface area contributed by atoms with Crippen LogP contribution in [0.3, 0.4) is 0 Å². The molecule has 0 saturated heterocycles. The molecule has 3 rings (SSSR count). The summed E-state index contributed by atoms with van der Waals surface area (Å²) in [6.45, 7) is 2.51. The third-order valence-electron chi connectivity index (χ3n) is 3.80. The molecule has 5 nitrogen and oxygen atoms in total. The van der Waals surface area contributed by atoms with E-state index in [2.05, 4.69) is 16.2 Å². The van der Waals surface area contributed by atoms with Gasteiger partial charge in [-0.1, -0.05) is 30.2 Å². The molecule has 0 aliphatic carbocycles. The Morgan fingerprint density at radius 3 is 2.90 bits per heavy atom. The molecule has 2 aromatic carbocycles. The number of carbonyl (C=O) groups excluding carboxylic acids is 1. The van der Waals surface area contributed by atoms with Gasteiger partial charge in [0.25, 0.3) is 0 Å². The molecular formula is C23H20N2O3S. The normalized spacial score (nSPS) is 10.5. The summed E-state index contributed by atoms with van der Waals surface area (Å²) in [6.07, 6.45) is 8.37. The molecule has 1 aromatic heterocycles. The molecule has 0 aliphatic heterocycles. The van der Waals surface area contributed by atoms with Crippen LogP contribution >= 0.6 is 11.3 Å². The van der Waals surface area contributed by atoms with Gasteiger partial charge in [-0.25, -0.2) is 4.98 Å². The van der Waals surface area contributed by atoms with Crippen molar-refractivity contribution in [1.82, 2.24) is 4.98 Å². The van der Waals surface area contributed by atoms with Gasteiger partial charge in [0.2, 0.25) is 5.91 Å². The number of carbonyl (C=O) groups is 1. The van der Waals surface area contributed by atoms with E-state index >= 15 is 0 Å². The van der Waals surface area contributed by atoms with Gasteiger partial charge < -0.3 is 14.8 Å². The number of ether oxygens (including phenoxy) is 2. The average Bonchev–Trinajstić information content (AvgIpc) is 3.15. The minimum Gasteiger partial charge on any atom is -0.487 e. The smallest absolute Gasteiger partial charge is 0.248 e. The van der Waals surface area contributed by atoms with Gasteiger partial charge >= 0.3 is 0 Å². The first-order chi connectivity index (χ1) is 14.1. The van der Waals surface area contributed by atoms with Crippen LogP contribution in [0.1, 0.15) is 16.3 Å². The first-order valence-corrected chi connectivity index (χ1v) is 9.80. The van der Waals surface area contributed by atoms with Gasteiger partial charge in [-0.2, -0.15) is 0 Å². The lowest BCUT2D eigenvalue weighted by atomic mass is 10.2. The van der Waals surface area contributed by atoms with E-state index in [-0.39, 0.29) is 12.5 Å². The summed E-state index contributed by atoms with van der Waals surface area (Å²) in [5.74, 6) is 3.43. The number of amides is 1. The molecule has 0 saturated carbocycles. The summed E-state index contributed by atoms with van der Waals surface area (Å²) in [5.41, 5.74) is 2.31. The highest BCUT2D eigenvalue weighted by Gasteiger charge is 2.05. The van der Waals surface area contributed by atoms with E-state index in [9.17, 15) is 4.79 Å². The fourth-order valence-corrected chi connectivity index (χ4v) is 3.11. The molecule has 0 unspecified atom stereocenters. The summed E-state index contributed by atoms with van der Waals surface area (Å²) >= 11 is 1.59. The fourth-order valence-electron chi connectivity index (χ4n) is 2.51. The van der Waals surface area contributed by atoms with Gasteiger partial charge in [0.05, 0.1) is 10.7 Å². The first-order valence-electron chi connectivity index (χ1n) is 8.92. The average molecular weight is 404 g/mol. The van der Waals surface area contributed by atoms with Gasteiger partial charge in [0.1, 0.15) is 24.7 Å². The number of aromatic nitrogens is 1. The van der Waals surface area contributed by atoms with Gasteiger partial charge in [0.15, 0.2) is 0 Å². The van der Waals surface area contributed by atoms with Crippen LogP contribution in [0.5, 0.6) is 11.5 Å². The zero-order chi connectivity index (χ0) is 20.5. The van der Waals surface area contributed by atoms with Crippen molar-refractivity contribution in [2.24, 2.45) is 0 Å². The maximum absolute atomic E-state index is 12.3. The van der Waals surface area contributed by atoms with Crippen molar-refractivity contribution in [2.45, 2.75) is 13.5 Å². The predicted molar refractivity (Wildman–Crippen MR) is 116 cm³/mol. The molecule has 29 heavy (non-hydrogen) atoms. The lowest BCUT2D eigenvalue weighted by molar-refractivity contribution is -0.111. The zero-order valence-corrected chi connectivity index (χ0v) is 16.7. The number of anilines is 1. The molecule has 0 bridgehead atoms. The Kier molecular flexibility index (Phi) is 7.04. The number of aryl methyl sites for hydroxylation is 1. The molecule has 6 heteroatoms. The maximum Gasteiger partial charge on any atom is 0.248 e. The Morgan fingerprint density at radius 1 is 1.24 bits per heavy atom. The molecule has 0 spiro atoms. The predicted octanol–water partition coefficient (Wildman–Crippen LogP) is 4.69. The topological polar surface area (TPSA) is 60.5 Å². The van der Waals surface area contributed by atoms with Crippen molar-refractivity contribution >= 4 is 29.0 Å². The lowest BCUT2D eigenvalue weighted by Gasteiger charge is -2.08. The van der Waals surface area contributed by atoms with Crippen molar-refractivity contribution < 1.29 is 14.3 Å². The van der Waals surface area contributed by atoms with Crippen LogP contribution in [0.2, 0.25) is 0 Å². The van der Waals surface area contributed by atoms with Crippen molar-refractivity contribution in [3.63, 3.8) is 0 Å². The lowest BCUT2D eigenvalue weighted by Crippen LogP contribution is -2.08. The van der Waals surface area contributed by atoms with Crippen molar-refractivity contribution in [2.75, 3.05) is 11.9 Å². The van der Waals surface area contributed by atoms with E-state index in [4.69, 9.17) is 15.9 Å². The largest absolute Gasteiger partial charge is 0.487 e. The van der Waals surface area contributed by atoms with Crippen LogP contribution < -0.4 is 14.8 Å². The molecule has 146 valence electrons.